The Balaban J connectivity index is 1.79. The molecule has 0 atom stereocenters. The topological polar surface area (TPSA) is 84.6 Å². The molecule has 2 aromatic rings. The molecular weight excluding hydrogens is 282 g/mol. The molecule has 1 aromatic heterocycles. The summed E-state index contributed by atoms with van der Waals surface area (Å²) in [6, 6.07) is 7.98. The van der Waals surface area contributed by atoms with Crippen LogP contribution < -0.4 is 15.4 Å². The molecule has 0 spiro atoms. The van der Waals surface area contributed by atoms with Crippen LogP contribution in [0.3, 0.4) is 0 Å². The lowest BCUT2D eigenvalue weighted by molar-refractivity contribution is 0.387. The van der Waals surface area contributed by atoms with Crippen molar-refractivity contribution in [2.45, 2.75) is 19.9 Å². The molecule has 22 heavy (non-hydrogen) atoms. The highest BCUT2D eigenvalue weighted by Gasteiger charge is 2.05. The summed E-state index contributed by atoms with van der Waals surface area (Å²) in [7, 11) is 3.40. The molecule has 0 unspecified atom stereocenters. The molecule has 0 saturated carbocycles. The smallest absolute Gasteiger partial charge is 0.223 e. The normalized spacial score (nSPS) is 11.3. The number of hydrogen-bond donors (Lipinski definition) is 2. The molecule has 2 rings (SSSR count). The van der Waals surface area contributed by atoms with Gasteiger partial charge in [0.05, 0.1) is 13.7 Å². The van der Waals surface area contributed by atoms with Gasteiger partial charge in [0.1, 0.15) is 5.75 Å². The van der Waals surface area contributed by atoms with Gasteiger partial charge in [-0.15, -0.1) is 0 Å². The molecule has 1 aromatic carbocycles. The van der Waals surface area contributed by atoms with E-state index in [4.69, 9.17) is 9.26 Å². The molecule has 118 valence electrons. The first-order chi connectivity index (χ1) is 10.7. The van der Waals surface area contributed by atoms with E-state index in [0.29, 0.717) is 24.2 Å². The number of guanidine groups is 1. The zero-order chi connectivity index (χ0) is 15.8. The van der Waals surface area contributed by atoms with E-state index in [0.717, 1.165) is 24.3 Å². The van der Waals surface area contributed by atoms with Gasteiger partial charge in [-0.25, -0.2) is 0 Å². The molecule has 0 aliphatic rings. The molecular formula is C15H21N5O2. The van der Waals surface area contributed by atoms with Gasteiger partial charge in [0.25, 0.3) is 0 Å². The second-order valence-corrected chi connectivity index (χ2v) is 4.64. The average Bonchev–Trinajstić information content (AvgIpc) is 2.96. The van der Waals surface area contributed by atoms with Crippen molar-refractivity contribution >= 4 is 5.96 Å². The second kappa shape index (κ2) is 8.02. The molecule has 0 fully saturated rings. The summed E-state index contributed by atoms with van der Waals surface area (Å²) < 4.78 is 10.3. The third kappa shape index (κ3) is 4.47. The summed E-state index contributed by atoms with van der Waals surface area (Å²) in [6.45, 7) is 2.97. The zero-order valence-electron chi connectivity index (χ0n) is 13.1. The Morgan fingerprint density at radius 3 is 2.82 bits per heavy atom. The molecule has 0 bridgehead atoms. The van der Waals surface area contributed by atoms with Gasteiger partial charge in [0, 0.05) is 20.5 Å². The van der Waals surface area contributed by atoms with Crippen molar-refractivity contribution in [3.8, 4) is 5.75 Å². The minimum Gasteiger partial charge on any atom is -0.496 e. The van der Waals surface area contributed by atoms with Gasteiger partial charge in [-0.3, -0.25) is 4.99 Å². The number of ether oxygens (including phenoxy) is 1. The highest BCUT2D eigenvalue weighted by atomic mass is 16.5. The van der Waals surface area contributed by atoms with Gasteiger partial charge < -0.3 is 19.9 Å². The maximum Gasteiger partial charge on any atom is 0.223 e. The minimum atomic E-state index is 0.464. The fourth-order valence-electron chi connectivity index (χ4n) is 2.02. The van der Waals surface area contributed by atoms with Crippen molar-refractivity contribution in [2.24, 2.45) is 4.99 Å². The van der Waals surface area contributed by atoms with Gasteiger partial charge in [-0.05, 0) is 18.1 Å². The third-order valence-electron chi connectivity index (χ3n) is 3.09. The predicted molar refractivity (Wildman–Crippen MR) is 83.9 cm³/mol. The Morgan fingerprint density at radius 1 is 1.32 bits per heavy atom. The Kier molecular flexibility index (Phi) is 5.76. The van der Waals surface area contributed by atoms with E-state index in [-0.39, 0.29) is 0 Å². The monoisotopic (exact) mass is 303 g/mol. The van der Waals surface area contributed by atoms with Crippen LogP contribution in [0.15, 0.2) is 33.8 Å². The molecule has 1 heterocycles. The Labute approximate surface area is 129 Å². The van der Waals surface area contributed by atoms with Crippen molar-refractivity contribution in [2.75, 3.05) is 20.7 Å². The first-order valence-corrected chi connectivity index (χ1v) is 7.08. The van der Waals surface area contributed by atoms with Crippen LogP contribution in [0.1, 0.15) is 17.3 Å². The van der Waals surface area contributed by atoms with Gasteiger partial charge in [-0.2, -0.15) is 4.98 Å². The van der Waals surface area contributed by atoms with E-state index >= 15 is 0 Å². The van der Waals surface area contributed by atoms with E-state index in [9.17, 15) is 0 Å². The van der Waals surface area contributed by atoms with Gasteiger partial charge in [0.2, 0.25) is 5.89 Å². The summed E-state index contributed by atoms with van der Waals surface area (Å²) in [5.74, 6) is 2.74. The number of methoxy groups -OCH3 is 1. The number of para-hydroxylation sites is 1. The summed E-state index contributed by atoms with van der Waals surface area (Å²) in [6.07, 6.45) is 0.839. The predicted octanol–water partition coefficient (Wildman–Crippen LogP) is 1.29. The van der Waals surface area contributed by atoms with Crippen LogP contribution in [0, 0.1) is 6.92 Å². The molecule has 2 N–H and O–H groups in total. The first kappa shape index (κ1) is 15.8. The summed E-state index contributed by atoms with van der Waals surface area (Å²) in [4.78, 5) is 8.29. The fraction of sp³-hybridized carbons (Fsp3) is 0.400. The summed E-state index contributed by atoms with van der Waals surface area (Å²) in [5.41, 5.74) is 1.15. The quantitative estimate of drug-likeness (QED) is 0.618. The zero-order valence-corrected chi connectivity index (χ0v) is 13.1. The number of benzene rings is 1. The molecule has 7 heteroatoms. The van der Waals surface area contributed by atoms with Crippen molar-refractivity contribution in [1.82, 2.24) is 20.8 Å². The van der Waals surface area contributed by atoms with Crippen LogP contribution in [0.25, 0.3) is 0 Å². The highest BCUT2D eigenvalue weighted by Crippen LogP contribution is 2.17. The first-order valence-electron chi connectivity index (χ1n) is 7.08. The summed E-state index contributed by atoms with van der Waals surface area (Å²) in [5, 5.41) is 10.2. The van der Waals surface area contributed by atoms with E-state index in [1.165, 1.54) is 0 Å². The van der Waals surface area contributed by atoms with E-state index in [1.807, 2.05) is 18.2 Å². The van der Waals surface area contributed by atoms with Crippen molar-refractivity contribution in [3.05, 3.63) is 41.5 Å². The maximum absolute atomic E-state index is 5.34. The van der Waals surface area contributed by atoms with Crippen molar-refractivity contribution in [3.63, 3.8) is 0 Å². The number of aliphatic imine (C=N–C) groups is 1. The van der Waals surface area contributed by atoms with E-state index < -0.39 is 0 Å². The number of aryl methyl sites for hydroxylation is 1. The van der Waals surface area contributed by atoms with Crippen LogP contribution in [0.4, 0.5) is 0 Å². The van der Waals surface area contributed by atoms with Crippen molar-refractivity contribution in [1.29, 1.82) is 0 Å². The summed E-state index contributed by atoms with van der Waals surface area (Å²) >= 11 is 0. The Hall–Kier alpha value is -2.57. The van der Waals surface area contributed by atoms with Gasteiger partial charge in [-0.1, -0.05) is 23.4 Å². The maximum atomic E-state index is 5.34. The Bertz CT molecular complexity index is 624. The van der Waals surface area contributed by atoms with E-state index in [2.05, 4.69) is 31.8 Å². The van der Waals surface area contributed by atoms with E-state index in [1.54, 1.807) is 21.1 Å². The molecule has 7 nitrogen and oxygen atoms in total. The molecule has 0 saturated heterocycles. The van der Waals surface area contributed by atoms with Crippen LogP contribution in [0.2, 0.25) is 0 Å². The molecule has 0 aliphatic carbocycles. The second-order valence-electron chi connectivity index (χ2n) is 4.64. The minimum absolute atomic E-state index is 0.464. The van der Waals surface area contributed by atoms with Crippen LogP contribution in [-0.2, 0) is 13.0 Å². The number of rotatable bonds is 6. The van der Waals surface area contributed by atoms with Crippen LogP contribution in [-0.4, -0.2) is 36.8 Å². The standard InChI is InChI=1S/C15H21N5O2/c1-11-19-14(20-22-11)10-18-15(16-2)17-9-8-12-6-4-5-7-13(12)21-3/h4-7H,8-10H2,1-3H3,(H2,16,17,18). The number of nitrogens with one attached hydrogen (secondary N) is 2. The number of aromatic nitrogens is 2. The van der Waals surface area contributed by atoms with Gasteiger partial charge >= 0.3 is 0 Å². The molecule has 0 amide bonds. The van der Waals surface area contributed by atoms with Crippen LogP contribution >= 0.6 is 0 Å². The van der Waals surface area contributed by atoms with Crippen LogP contribution in [0.5, 0.6) is 5.75 Å². The molecule has 0 radical (unpaired) electrons. The molecule has 0 aliphatic heterocycles. The third-order valence-corrected chi connectivity index (χ3v) is 3.09. The number of hydrogen-bond acceptors (Lipinski definition) is 5. The Morgan fingerprint density at radius 2 is 2.14 bits per heavy atom. The van der Waals surface area contributed by atoms with Crippen molar-refractivity contribution < 1.29 is 9.26 Å². The lowest BCUT2D eigenvalue weighted by Gasteiger charge is -2.12. The SMILES string of the molecule is CN=C(NCCc1ccccc1OC)NCc1noc(C)n1. The number of nitrogens with zero attached hydrogens (tertiary/aromatic N) is 3. The van der Waals surface area contributed by atoms with Gasteiger partial charge in [0.15, 0.2) is 11.8 Å². The fourth-order valence-corrected chi connectivity index (χ4v) is 2.02. The lowest BCUT2D eigenvalue weighted by Crippen LogP contribution is -2.38. The largest absolute Gasteiger partial charge is 0.496 e. The highest BCUT2D eigenvalue weighted by molar-refractivity contribution is 5.79. The lowest BCUT2D eigenvalue weighted by atomic mass is 10.1. The average molecular weight is 303 g/mol.